The lowest BCUT2D eigenvalue weighted by Crippen LogP contribution is -2.40. The van der Waals surface area contributed by atoms with Crippen molar-refractivity contribution in [2.45, 2.75) is 38.3 Å². The minimum atomic E-state index is -0.0591. The molecule has 0 bridgehead atoms. The number of hydrogen-bond donors (Lipinski definition) is 0. The van der Waals surface area contributed by atoms with E-state index in [-0.39, 0.29) is 11.9 Å². The number of nitrogens with zero attached hydrogens (tertiary/aromatic N) is 5. The van der Waals surface area contributed by atoms with Crippen LogP contribution < -0.4 is 0 Å². The van der Waals surface area contributed by atoms with Crippen molar-refractivity contribution in [3.63, 3.8) is 0 Å². The number of nitriles is 1. The van der Waals surface area contributed by atoms with Gasteiger partial charge in [0.25, 0.3) is 5.91 Å². The second-order valence-electron chi connectivity index (χ2n) is 6.35. The summed E-state index contributed by atoms with van der Waals surface area (Å²) < 4.78 is 2.20. The molecule has 1 fully saturated rings. The van der Waals surface area contributed by atoms with Crippen LogP contribution in [0, 0.1) is 11.3 Å². The number of aromatic nitrogens is 3. The van der Waals surface area contributed by atoms with Crippen LogP contribution in [0.1, 0.15) is 59.3 Å². The molecule has 0 unspecified atom stereocenters. The van der Waals surface area contributed by atoms with Gasteiger partial charge in [-0.25, -0.2) is 0 Å². The number of benzene rings is 1. The summed E-state index contributed by atoms with van der Waals surface area (Å²) in [4.78, 5) is 14.5. The van der Waals surface area contributed by atoms with Gasteiger partial charge in [-0.2, -0.15) is 5.26 Å². The predicted octanol–water partition coefficient (Wildman–Crippen LogP) is 2.24. The maximum atomic E-state index is 12.7. The third-order valence-corrected chi connectivity index (χ3v) is 4.52. The van der Waals surface area contributed by atoms with E-state index in [9.17, 15) is 4.79 Å². The van der Waals surface area contributed by atoms with Gasteiger partial charge in [-0.1, -0.05) is 6.07 Å². The van der Waals surface area contributed by atoms with E-state index >= 15 is 0 Å². The number of amides is 1. The fraction of sp³-hybridized carbons (Fsp3) is 0.412. The third kappa shape index (κ3) is 2.38. The normalized spacial score (nSPS) is 20.0. The molecule has 1 saturated carbocycles. The summed E-state index contributed by atoms with van der Waals surface area (Å²) in [7, 11) is 0. The Morgan fingerprint density at radius 1 is 1.35 bits per heavy atom. The lowest BCUT2D eigenvalue weighted by Gasteiger charge is -2.32. The van der Waals surface area contributed by atoms with Crippen LogP contribution in [0.3, 0.4) is 0 Å². The lowest BCUT2D eigenvalue weighted by molar-refractivity contribution is 0.0679. The van der Waals surface area contributed by atoms with Crippen molar-refractivity contribution in [2.75, 3.05) is 6.54 Å². The van der Waals surface area contributed by atoms with Gasteiger partial charge in [0.1, 0.15) is 5.82 Å². The van der Waals surface area contributed by atoms with Crippen LogP contribution in [0.15, 0.2) is 24.3 Å². The maximum absolute atomic E-state index is 12.7. The average molecular weight is 307 g/mol. The zero-order valence-electron chi connectivity index (χ0n) is 12.9. The van der Waals surface area contributed by atoms with Gasteiger partial charge in [0.2, 0.25) is 0 Å². The van der Waals surface area contributed by atoms with Crippen molar-refractivity contribution >= 4 is 5.91 Å². The molecule has 1 aliphatic heterocycles. The first-order valence-corrected chi connectivity index (χ1v) is 7.90. The number of fused-ring (bicyclic) bond motifs is 1. The molecule has 1 atom stereocenters. The summed E-state index contributed by atoms with van der Waals surface area (Å²) in [5.41, 5.74) is 1.05. The summed E-state index contributed by atoms with van der Waals surface area (Å²) in [5.74, 6) is 2.42. The van der Waals surface area contributed by atoms with Crippen molar-refractivity contribution < 1.29 is 4.79 Å². The van der Waals surface area contributed by atoms with Gasteiger partial charge in [-0.05, 0) is 38.0 Å². The highest BCUT2D eigenvalue weighted by atomic mass is 16.2. The molecular formula is C17H17N5O. The SMILES string of the molecule is C[C@H]1CN(C(=O)c2cccc(C#N)c2)Cc2nnc(C3CC3)n21. The van der Waals surface area contributed by atoms with Gasteiger partial charge in [-0.3, -0.25) is 4.79 Å². The fourth-order valence-electron chi connectivity index (χ4n) is 3.24. The molecule has 2 aromatic rings. The zero-order chi connectivity index (χ0) is 16.0. The Kier molecular flexibility index (Phi) is 3.15. The third-order valence-electron chi connectivity index (χ3n) is 4.52. The molecule has 23 heavy (non-hydrogen) atoms. The van der Waals surface area contributed by atoms with E-state index < -0.39 is 0 Å². The molecular weight excluding hydrogens is 290 g/mol. The quantitative estimate of drug-likeness (QED) is 0.852. The van der Waals surface area contributed by atoms with Crippen LogP contribution in [0.25, 0.3) is 0 Å². The minimum absolute atomic E-state index is 0.0591. The molecule has 1 aromatic carbocycles. The highest BCUT2D eigenvalue weighted by molar-refractivity contribution is 5.94. The average Bonchev–Trinajstić information content (AvgIpc) is 3.33. The maximum Gasteiger partial charge on any atom is 0.254 e. The highest BCUT2D eigenvalue weighted by Crippen LogP contribution is 2.41. The standard InChI is InChI=1S/C17H17N5O/c1-11-9-21(17(23)14-4-2-3-12(7-14)8-18)10-15-19-20-16(22(11)15)13-5-6-13/h2-4,7,11,13H,5-6,9-10H2,1H3/t11-/m0/s1. The molecule has 2 aliphatic rings. The minimum Gasteiger partial charge on any atom is -0.329 e. The van der Waals surface area contributed by atoms with Gasteiger partial charge in [0.05, 0.1) is 24.2 Å². The second-order valence-corrected chi connectivity index (χ2v) is 6.35. The predicted molar refractivity (Wildman–Crippen MR) is 82.6 cm³/mol. The molecule has 2 heterocycles. The first-order chi connectivity index (χ1) is 11.2. The number of carbonyl (C=O) groups is 1. The summed E-state index contributed by atoms with van der Waals surface area (Å²) in [6.45, 7) is 3.21. The second kappa shape index (κ2) is 5.20. The monoisotopic (exact) mass is 307 g/mol. The van der Waals surface area contributed by atoms with Crippen molar-refractivity contribution in [2.24, 2.45) is 0 Å². The van der Waals surface area contributed by atoms with Crippen LogP contribution >= 0.6 is 0 Å². The summed E-state index contributed by atoms with van der Waals surface area (Å²) in [6, 6.07) is 9.09. The summed E-state index contributed by atoms with van der Waals surface area (Å²) >= 11 is 0. The van der Waals surface area contributed by atoms with E-state index in [0.29, 0.717) is 30.1 Å². The largest absolute Gasteiger partial charge is 0.329 e. The van der Waals surface area contributed by atoms with Gasteiger partial charge in [-0.15, -0.1) is 10.2 Å². The first kappa shape index (κ1) is 13.9. The number of rotatable bonds is 2. The van der Waals surface area contributed by atoms with Crippen LogP contribution in [0.5, 0.6) is 0 Å². The fourth-order valence-corrected chi connectivity index (χ4v) is 3.24. The Labute approximate surface area is 134 Å². The molecule has 1 aliphatic carbocycles. The molecule has 1 amide bonds. The lowest BCUT2D eigenvalue weighted by atomic mass is 10.1. The van der Waals surface area contributed by atoms with Crippen LogP contribution in [-0.4, -0.2) is 32.1 Å². The Hall–Kier alpha value is -2.68. The molecule has 4 rings (SSSR count). The molecule has 116 valence electrons. The molecule has 0 spiro atoms. The van der Waals surface area contributed by atoms with Crippen LogP contribution in [0.4, 0.5) is 0 Å². The molecule has 0 radical (unpaired) electrons. The summed E-state index contributed by atoms with van der Waals surface area (Å²) in [5, 5.41) is 17.6. The molecule has 6 nitrogen and oxygen atoms in total. The van der Waals surface area contributed by atoms with Crippen LogP contribution in [0.2, 0.25) is 0 Å². The number of hydrogen-bond acceptors (Lipinski definition) is 4. The molecule has 1 aromatic heterocycles. The van der Waals surface area contributed by atoms with E-state index in [4.69, 9.17) is 5.26 Å². The van der Waals surface area contributed by atoms with Crippen molar-refractivity contribution in [1.82, 2.24) is 19.7 Å². The first-order valence-electron chi connectivity index (χ1n) is 7.90. The smallest absolute Gasteiger partial charge is 0.254 e. The molecule has 6 heteroatoms. The van der Waals surface area contributed by atoms with Crippen molar-refractivity contribution in [1.29, 1.82) is 5.26 Å². The Bertz CT molecular complexity index is 815. The Morgan fingerprint density at radius 2 is 2.17 bits per heavy atom. The highest BCUT2D eigenvalue weighted by Gasteiger charge is 2.35. The van der Waals surface area contributed by atoms with E-state index in [1.807, 2.05) is 0 Å². The van der Waals surface area contributed by atoms with Crippen molar-refractivity contribution in [3.8, 4) is 6.07 Å². The van der Waals surface area contributed by atoms with Gasteiger partial charge >= 0.3 is 0 Å². The molecule has 0 saturated heterocycles. The van der Waals surface area contributed by atoms with E-state index in [1.165, 1.54) is 12.8 Å². The van der Waals surface area contributed by atoms with E-state index in [2.05, 4.69) is 27.8 Å². The molecule has 0 N–H and O–H groups in total. The Balaban J connectivity index is 1.61. The zero-order valence-corrected chi connectivity index (χ0v) is 12.9. The van der Waals surface area contributed by atoms with E-state index in [1.54, 1.807) is 29.2 Å². The van der Waals surface area contributed by atoms with Gasteiger partial charge in [0, 0.05) is 18.0 Å². The Morgan fingerprint density at radius 3 is 2.91 bits per heavy atom. The van der Waals surface area contributed by atoms with Crippen molar-refractivity contribution in [3.05, 3.63) is 47.0 Å². The summed E-state index contributed by atoms with van der Waals surface area (Å²) in [6.07, 6.45) is 2.38. The van der Waals surface area contributed by atoms with Crippen LogP contribution in [-0.2, 0) is 6.54 Å². The van der Waals surface area contributed by atoms with Gasteiger partial charge in [0.15, 0.2) is 5.82 Å². The topological polar surface area (TPSA) is 74.8 Å². The van der Waals surface area contributed by atoms with E-state index in [0.717, 1.165) is 11.6 Å². The number of carbonyl (C=O) groups excluding carboxylic acids is 1. The van der Waals surface area contributed by atoms with Gasteiger partial charge < -0.3 is 9.47 Å².